The predicted octanol–water partition coefficient (Wildman–Crippen LogP) is 1.97. The number of anilines is 1. The lowest BCUT2D eigenvalue weighted by Crippen LogP contribution is -2.50. The second-order valence-electron chi connectivity index (χ2n) is 6.27. The summed E-state index contributed by atoms with van der Waals surface area (Å²) in [6, 6.07) is 10.7. The molecule has 0 radical (unpaired) electrons. The zero-order valence-electron chi connectivity index (χ0n) is 13.3. The van der Waals surface area contributed by atoms with Gasteiger partial charge in [0.25, 0.3) is 0 Å². The minimum atomic E-state index is -3.58. The van der Waals surface area contributed by atoms with Crippen molar-refractivity contribution in [2.45, 2.75) is 31.9 Å². The largest absolute Gasteiger partial charge is 0.340 e. The third-order valence-electron chi connectivity index (χ3n) is 3.95. The van der Waals surface area contributed by atoms with Crippen LogP contribution < -0.4 is 4.72 Å². The molecule has 7 heteroatoms. The summed E-state index contributed by atoms with van der Waals surface area (Å²) in [5.41, 5.74) is -0.633. The summed E-state index contributed by atoms with van der Waals surface area (Å²) in [4.78, 5) is 13.9. The van der Waals surface area contributed by atoms with E-state index in [0.29, 0.717) is 25.1 Å². The van der Waals surface area contributed by atoms with E-state index < -0.39 is 20.7 Å². The van der Waals surface area contributed by atoms with Crippen molar-refractivity contribution in [3.8, 4) is 6.07 Å². The molecule has 1 aromatic carbocycles. The van der Waals surface area contributed by atoms with Gasteiger partial charge in [-0.1, -0.05) is 18.2 Å². The van der Waals surface area contributed by atoms with Gasteiger partial charge in [-0.05, 0) is 38.8 Å². The van der Waals surface area contributed by atoms with Crippen molar-refractivity contribution in [1.29, 1.82) is 5.26 Å². The first-order chi connectivity index (χ1) is 10.8. The van der Waals surface area contributed by atoms with Crippen LogP contribution in [0, 0.1) is 16.7 Å². The summed E-state index contributed by atoms with van der Waals surface area (Å²) >= 11 is 0. The number of nitrogens with zero attached hydrogens (tertiary/aromatic N) is 2. The van der Waals surface area contributed by atoms with Gasteiger partial charge in [0.1, 0.15) is 5.41 Å². The first kappa shape index (κ1) is 17.3. The molecule has 0 unspecified atom stereocenters. The highest BCUT2D eigenvalue weighted by molar-refractivity contribution is 7.93. The number of hydrogen-bond acceptors (Lipinski definition) is 4. The number of sulfonamides is 1. The monoisotopic (exact) mass is 335 g/mol. The van der Waals surface area contributed by atoms with Gasteiger partial charge in [0.05, 0.1) is 11.3 Å². The van der Waals surface area contributed by atoms with Crippen LogP contribution in [0.15, 0.2) is 30.3 Å². The van der Waals surface area contributed by atoms with E-state index in [4.69, 9.17) is 5.26 Å². The molecule has 1 aliphatic rings. The van der Waals surface area contributed by atoms with Gasteiger partial charge in [-0.3, -0.25) is 9.52 Å². The zero-order chi connectivity index (χ0) is 17.1. The minimum Gasteiger partial charge on any atom is -0.340 e. The average molecular weight is 335 g/mol. The Hall–Kier alpha value is -2.07. The maximum absolute atomic E-state index is 12.5. The van der Waals surface area contributed by atoms with Crippen LogP contribution >= 0.6 is 0 Å². The van der Waals surface area contributed by atoms with Crippen molar-refractivity contribution >= 4 is 21.6 Å². The van der Waals surface area contributed by atoms with Crippen molar-refractivity contribution < 1.29 is 13.2 Å². The van der Waals surface area contributed by atoms with Gasteiger partial charge in [-0.15, -0.1) is 0 Å². The van der Waals surface area contributed by atoms with Crippen LogP contribution in [0.2, 0.25) is 0 Å². The van der Waals surface area contributed by atoms with Crippen LogP contribution in [0.1, 0.15) is 26.7 Å². The second-order valence-corrected chi connectivity index (χ2v) is 8.23. The molecule has 2 rings (SSSR count). The predicted molar refractivity (Wildman–Crippen MR) is 88.0 cm³/mol. The number of nitrogens with one attached hydrogen (secondary N) is 1. The molecule has 0 aliphatic carbocycles. The molecule has 1 fully saturated rings. The molecule has 0 aromatic heterocycles. The molecule has 1 aromatic rings. The summed E-state index contributed by atoms with van der Waals surface area (Å²) in [5.74, 6) is -0.320. The van der Waals surface area contributed by atoms with Gasteiger partial charge in [0.2, 0.25) is 15.9 Å². The Morgan fingerprint density at radius 1 is 1.35 bits per heavy atom. The van der Waals surface area contributed by atoms with Gasteiger partial charge in [0.15, 0.2) is 0 Å². The van der Waals surface area contributed by atoms with E-state index in [1.807, 2.05) is 12.1 Å². The first-order valence-corrected chi connectivity index (χ1v) is 9.08. The summed E-state index contributed by atoms with van der Waals surface area (Å²) in [6.07, 6.45) is 1.10. The van der Waals surface area contributed by atoms with Gasteiger partial charge in [-0.25, -0.2) is 8.42 Å². The normalized spacial score (nSPS) is 19.0. The third-order valence-corrected chi connectivity index (χ3v) is 5.73. The van der Waals surface area contributed by atoms with Crippen LogP contribution in [-0.2, 0) is 14.8 Å². The number of amides is 1. The quantitative estimate of drug-likeness (QED) is 0.911. The summed E-state index contributed by atoms with van der Waals surface area (Å²) in [5, 5.41) is 8.42. The molecule has 1 saturated heterocycles. The highest BCUT2D eigenvalue weighted by Crippen LogP contribution is 2.24. The van der Waals surface area contributed by atoms with E-state index in [9.17, 15) is 13.2 Å². The average Bonchev–Trinajstić information content (AvgIpc) is 2.55. The summed E-state index contributed by atoms with van der Waals surface area (Å²) in [6.45, 7) is 3.71. The molecule has 6 nitrogen and oxygen atoms in total. The second kappa shape index (κ2) is 6.59. The smallest absolute Gasteiger partial charge is 0.242 e. The van der Waals surface area contributed by atoms with Crippen LogP contribution in [0.25, 0.3) is 0 Å². The fourth-order valence-electron chi connectivity index (χ4n) is 2.57. The minimum absolute atomic E-state index is 0.117. The Bertz CT molecular complexity index is 708. The molecule has 0 saturated carbocycles. The SMILES string of the molecule is CC(C)(C#N)C(=O)N1CCC[C@H](S(=O)(=O)Nc2ccccc2)C1. The summed E-state index contributed by atoms with van der Waals surface area (Å²) in [7, 11) is -3.58. The maximum Gasteiger partial charge on any atom is 0.242 e. The lowest BCUT2D eigenvalue weighted by molar-refractivity contribution is -0.138. The van der Waals surface area contributed by atoms with E-state index in [2.05, 4.69) is 4.72 Å². The Kier molecular flexibility index (Phi) is 4.95. The highest BCUT2D eigenvalue weighted by Gasteiger charge is 2.38. The topological polar surface area (TPSA) is 90.3 Å². The standard InChI is InChI=1S/C16H21N3O3S/c1-16(2,12-17)15(20)19-10-6-9-14(11-19)23(21,22)18-13-7-4-3-5-8-13/h3-5,7-8,14,18H,6,9-11H2,1-2H3/t14-/m0/s1. The number of likely N-dealkylation sites (tertiary alicyclic amines) is 1. The molecule has 0 spiro atoms. The third kappa shape index (κ3) is 4.02. The van der Waals surface area contributed by atoms with Gasteiger partial charge in [0, 0.05) is 18.8 Å². The Morgan fingerprint density at radius 3 is 2.61 bits per heavy atom. The van der Waals surface area contributed by atoms with Crippen LogP contribution in [0.5, 0.6) is 0 Å². The van der Waals surface area contributed by atoms with Crippen LogP contribution in [0.3, 0.4) is 0 Å². The van der Waals surface area contributed by atoms with E-state index >= 15 is 0 Å². The molecule has 124 valence electrons. The molecular formula is C16H21N3O3S. The van der Waals surface area contributed by atoms with E-state index in [1.165, 1.54) is 4.90 Å². The fourth-order valence-corrected chi connectivity index (χ4v) is 4.06. The Morgan fingerprint density at radius 2 is 2.00 bits per heavy atom. The number of carbonyl (C=O) groups excluding carboxylic acids is 1. The van der Waals surface area contributed by atoms with Gasteiger partial charge < -0.3 is 4.90 Å². The number of para-hydroxylation sites is 1. The Balaban J connectivity index is 2.12. The number of hydrogen-bond donors (Lipinski definition) is 1. The zero-order valence-corrected chi connectivity index (χ0v) is 14.1. The molecule has 23 heavy (non-hydrogen) atoms. The van der Waals surface area contributed by atoms with Crippen LogP contribution in [-0.4, -0.2) is 37.6 Å². The van der Waals surface area contributed by atoms with Crippen molar-refractivity contribution in [3.63, 3.8) is 0 Å². The number of nitriles is 1. The molecular weight excluding hydrogens is 314 g/mol. The van der Waals surface area contributed by atoms with Crippen molar-refractivity contribution in [1.82, 2.24) is 4.90 Å². The number of rotatable bonds is 4. The maximum atomic E-state index is 12.5. The highest BCUT2D eigenvalue weighted by atomic mass is 32.2. The van der Waals surface area contributed by atoms with Gasteiger partial charge in [-0.2, -0.15) is 5.26 Å². The number of benzene rings is 1. The van der Waals surface area contributed by atoms with E-state index in [1.54, 1.807) is 38.1 Å². The molecule has 1 N–H and O–H groups in total. The number of carbonyl (C=O) groups is 1. The summed E-state index contributed by atoms with van der Waals surface area (Å²) < 4.78 is 27.6. The van der Waals surface area contributed by atoms with Crippen molar-refractivity contribution in [2.24, 2.45) is 5.41 Å². The van der Waals surface area contributed by atoms with Crippen molar-refractivity contribution in [2.75, 3.05) is 17.8 Å². The van der Waals surface area contributed by atoms with Crippen molar-refractivity contribution in [3.05, 3.63) is 30.3 Å². The first-order valence-electron chi connectivity index (χ1n) is 7.53. The molecule has 1 aliphatic heterocycles. The fraction of sp³-hybridized carbons (Fsp3) is 0.500. The number of piperidine rings is 1. The lowest BCUT2D eigenvalue weighted by Gasteiger charge is -2.35. The van der Waals surface area contributed by atoms with E-state index in [-0.39, 0.29) is 12.5 Å². The molecule has 0 bridgehead atoms. The molecule has 1 amide bonds. The lowest BCUT2D eigenvalue weighted by atomic mass is 9.93. The van der Waals surface area contributed by atoms with Crippen LogP contribution in [0.4, 0.5) is 5.69 Å². The van der Waals surface area contributed by atoms with Gasteiger partial charge >= 0.3 is 0 Å². The molecule has 1 heterocycles. The van der Waals surface area contributed by atoms with E-state index in [0.717, 1.165) is 0 Å². The Labute approximate surface area is 137 Å². The molecule has 1 atom stereocenters.